The van der Waals surface area contributed by atoms with Gasteiger partial charge in [-0.15, -0.1) is 0 Å². The molecular formula is C8H15F3N2O. The monoisotopic (exact) mass is 212 g/mol. The van der Waals surface area contributed by atoms with E-state index >= 15 is 0 Å². The summed E-state index contributed by atoms with van der Waals surface area (Å²) in [5.41, 5.74) is 7.92. The lowest BCUT2D eigenvalue weighted by atomic mass is 9.98. The smallest absolute Gasteiger partial charge is 0.307 e. The molecule has 0 aliphatic rings. The van der Waals surface area contributed by atoms with Crippen molar-refractivity contribution in [2.75, 3.05) is 0 Å². The van der Waals surface area contributed by atoms with Crippen molar-refractivity contribution in [1.29, 1.82) is 0 Å². The molecule has 4 N–H and O–H groups in total. The van der Waals surface area contributed by atoms with Crippen LogP contribution < -0.4 is 11.5 Å². The van der Waals surface area contributed by atoms with Crippen molar-refractivity contribution < 1.29 is 18.0 Å². The number of alkyl halides is 3. The zero-order chi connectivity index (χ0) is 11.4. The molecule has 3 nitrogen and oxygen atoms in total. The van der Waals surface area contributed by atoms with Crippen LogP contribution in [0, 0.1) is 0 Å². The number of carbonyl (C=O) groups is 1. The van der Waals surface area contributed by atoms with Crippen molar-refractivity contribution in [3.63, 3.8) is 0 Å². The summed E-state index contributed by atoms with van der Waals surface area (Å²) in [4.78, 5) is 10.7. The Kier molecular flexibility index (Phi) is 4.54. The van der Waals surface area contributed by atoms with E-state index in [0.29, 0.717) is 12.8 Å². The van der Waals surface area contributed by atoms with Crippen molar-refractivity contribution in [3.8, 4) is 0 Å². The van der Waals surface area contributed by atoms with Crippen molar-refractivity contribution in [2.45, 2.75) is 44.4 Å². The lowest BCUT2D eigenvalue weighted by Gasteiger charge is -2.23. The van der Waals surface area contributed by atoms with Crippen LogP contribution in [0.1, 0.15) is 32.6 Å². The molecule has 0 saturated heterocycles. The van der Waals surface area contributed by atoms with E-state index in [2.05, 4.69) is 0 Å². The van der Waals surface area contributed by atoms with Crippen LogP contribution in [0.25, 0.3) is 0 Å². The Hall–Kier alpha value is -0.620. The minimum atomic E-state index is -4.95. The summed E-state index contributed by atoms with van der Waals surface area (Å²) in [5, 5.41) is 0. The fraction of sp³-hybridized carbons (Fsp3) is 0.875. The molecule has 0 spiro atoms. The molecule has 0 heterocycles. The van der Waals surface area contributed by atoms with Gasteiger partial charge in [0.1, 0.15) is 5.66 Å². The average Bonchev–Trinajstić information content (AvgIpc) is 2.01. The first-order valence-electron chi connectivity index (χ1n) is 4.41. The molecule has 14 heavy (non-hydrogen) atoms. The maximum Gasteiger partial charge on any atom is 0.453 e. The first kappa shape index (κ1) is 13.4. The number of hydrogen-bond donors (Lipinski definition) is 2. The number of carbonyl (C=O) groups excluding carboxylic acids is 1. The topological polar surface area (TPSA) is 69.1 Å². The first-order valence-corrected chi connectivity index (χ1v) is 4.41. The third-order valence-electron chi connectivity index (χ3n) is 1.87. The lowest BCUT2D eigenvalue weighted by molar-refractivity contribution is -0.177. The molecular weight excluding hydrogens is 197 g/mol. The van der Waals surface area contributed by atoms with E-state index in [4.69, 9.17) is 11.5 Å². The molecule has 0 rings (SSSR count). The van der Waals surface area contributed by atoms with Gasteiger partial charge in [-0.25, -0.2) is 0 Å². The zero-order valence-corrected chi connectivity index (χ0v) is 8.03. The van der Waals surface area contributed by atoms with Crippen molar-refractivity contribution in [2.24, 2.45) is 11.5 Å². The summed E-state index contributed by atoms with van der Waals surface area (Å²) < 4.78 is 35.8. The van der Waals surface area contributed by atoms with Gasteiger partial charge in [-0.1, -0.05) is 19.8 Å². The molecule has 0 aromatic carbocycles. The highest BCUT2D eigenvalue weighted by Crippen LogP contribution is 2.22. The van der Waals surface area contributed by atoms with E-state index in [1.807, 2.05) is 6.92 Å². The van der Waals surface area contributed by atoms with E-state index in [0.717, 1.165) is 6.42 Å². The van der Waals surface area contributed by atoms with Gasteiger partial charge in [0.05, 0.1) is 0 Å². The molecule has 6 heteroatoms. The van der Waals surface area contributed by atoms with Crippen LogP contribution in [0.3, 0.4) is 0 Å². The van der Waals surface area contributed by atoms with Gasteiger partial charge >= 0.3 is 6.18 Å². The van der Waals surface area contributed by atoms with E-state index in [-0.39, 0.29) is 6.42 Å². The Morgan fingerprint density at radius 3 is 2.07 bits per heavy atom. The fourth-order valence-electron chi connectivity index (χ4n) is 1.04. The van der Waals surface area contributed by atoms with Gasteiger partial charge in [0.15, 0.2) is 0 Å². The molecule has 0 unspecified atom stereocenters. The Bertz CT molecular complexity index is 201. The van der Waals surface area contributed by atoms with Crippen LogP contribution in [0.15, 0.2) is 0 Å². The van der Waals surface area contributed by atoms with Gasteiger partial charge < -0.3 is 11.5 Å². The summed E-state index contributed by atoms with van der Waals surface area (Å²) in [6.07, 6.45) is -3.13. The quantitative estimate of drug-likeness (QED) is 0.533. The standard InChI is InChI=1S/C8H15F3N2O/c1-2-3-4-5-7(12,13)6(14)8(9,10)11/h2-5,12-13H2,1H3. The Morgan fingerprint density at radius 1 is 1.21 bits per heavy atom. The summed E-state index contributed by atoms with van der Waals surface area (Å²) in [6.45, 7) is 1.89. The van der Waals surface area contributed by atoms with E-state index in [1.165, 1.54) is 0 Å². The number of rotatable bonds is 5. The molecule has 0 saturated carbocycles. The summed E-state index contributed by atoms with van der Waals surface area (Å²) in [6, 6.07) is 0. The van der Waals surface area contributed by atoms with Crippen molar-refractivity contribution in [3.05, 3.63) is 0 Å². The van der Waals surface area contributed by atoms with Crippen LogP contribution in [-0.2, 0) is 4.79 Å². The number of ketones is 1. The van der Waals surface area contributed by atoms with E-state index in [1.54, 1.807) is 0 Å². The second-order valence-corrected chi connectivity index (χ2v) is 3.32. The molecule has 0 aromatic heterocycles. The molecule has 0 radical (unpaired) electrons. The maximum absolute atomic E-state index is 11.9. The Morgan fingerprint density at radius 2 is 1.71 bits per heavy atom. The van der Waals surface area contributed by atoms with Crippen molar-refractivity contribution >= 4 is 5.78 Å². The van der Waals surface area contributed by atoms with Crippen LogP contribution in [0.4, 0.5) is 13.2 Å². The second kappa shape index (κ2) is 4.75. The van der Waals surface area contributed by atoms with Gasteiger partial charge in [0.25, 0.3) is 5.78 Å². The minimum absolute atomic E-state index is 0.140. The highest BCUT2D eigenvalue weighted by molar-refractivity contribution is 5.92. The summed E-state index contributed by atoms with van der Waals surface area (Å²) in [7, 11) is 0. The Labute approximate surface area is 80.6 Å². The highest BCUT2D eigenvalue weighted by atomic mass is 19.4. The predicted octanol–water partition coefficient (Wildman–Crippen LogP) is 1.31. The number of unbranched alkanes of at least 4 members (excludes halogenated alkanes) is 2. The van der Waals surface area contributed by atoms with Gasteiger partial charge in [0, 0.05) is 0 Å². The highest BCUT2D eigenvalue weighted by Gasteiger charge is 2.48. The third kappa shape index (κ3) is 4.06. The van der Waals surface area contributed by atoms with Crippen LogP contribution >= 0.6 is 0 Å². The number of hydrogen-bond acceptors (Lipinski definition) is 3. The van der Waals surface area contributed by atoms with E-state index in [9.17, 15) is 18.0 Å². The van der Waals surface area contributed by atoms with Crippen LogP contribution in [-0.4, -0.2) is 17.6 Å². The van der Waals surface area contributed by atoms with Gasteiger partial charge in [-0.05, 0) is 12.8 Å². The van der Waals surface area contributed by atoms with Gasteiger partial charge in [-0.2, -0.15) is 13.2 Å². The first-order chi connectivity index (χ1) is 6.22. The molecule has 0 amide bonds. The molecule has 0 atom stereocenters. The lowest BCUT2D eigenvalue weighted by Crippen LogP contribution is -2.60. The third-order valence-corrected chi connectivity index (χ3v) is 1.87. The average molecular weight is 212 g/mol. The van der Waals surface area contributed by atoms with Crippen LogP contribution in [0.2, 0.25) is 0 Å². The predicted molar refractivity (Wildman–Crippen MR) is 46.3 cm³/mol. The van der Waals surface area contributed by atoms with Gasteiger partial charge in [0.2, 0.25) is 0 Å². The zero-order valence-electron chi connectivity index (χ0n) is 8.03. The number of halogens is 3. The van der Waals surface area contributed by atoms with E-state index < -0.39 is 17.6 Å². The molecule has 0 aliphatic heterocycles. The number of nitrogens with two attached hydrogens (primary N) is 2. The minimum Gasteiger partial charge on any atom is -0.307 e. The van der Waals surface area contributed by atoms with Crippen LogP contribution in [0.5, 0.6) is 0 Å². The fourth-order valence-corrected chi connectivity index (χ4v) is 1.04. The van der Waals surface area contributed by atoms with Gasteiger partial charge in [-0.3, -0.25) is 4.79 Å². The maximum atomic E-state index is 11.9. The summed E-state index contributed by atoms with van der Waals surface area (Å²) in [5.74, 6) is -2.05. The molecule has 0 bridgehead atoms. The normalized spacial score (nSPS) is 13.0. The second-order valence-electron chi connectivity index (χ2n) is 3.32. The number of Topliss-reactive ketones (excluding diaryl/α,β-unsaturated/α-hetero) is 1. The Balaban J connectivity index is 4.24. The molecule has 0 aliphatic carbocycles. The summed E-state index contributed by atoms with van der Waals surface area (Å²) >= 11 is 0. The molecule has 0 aromatic rings. The van der Waals surface area contributed by atoms with Crippen molar-refractivity contribution in [1.82, 2.24) is 0 Å². The molecule has 0 fully saturated rings. The molecule has 84 valence electrons. The largest absolute Gasteiger partial charge is 0.453 e. The SMILES string of the molecule is CCCCCC(N)(N)C(=O)C(F)(F)F.